The van der Waals surface area contributed by atoms with Crippen LogP contribution in [0.25, 0.3) is 112 Å². The van der Waals surface area contributed by atoms with E-state index in [0.717, 1.165) is 162 Å². The van der Waals surface area contributed by atoms with Crippen molar-refractivity contribution in [3.05, 3.63) is 410 Å². The van der Waals surface area contributed by atoms with E-state index in [9.17, 15) is 41.5 Å². The Kier molecular flexibility index (Phi) is 29.9. The molecule has 7 aromatic heterocycles. The second-order valence-corrected chi connectivity index (χ2v) is 37.6. The van der Waals surface area contributed by atoms with Crippen LogP contribution < -0.4 is 10.3 Å². The molecule has 4 aliphatic heterocycles. The highest BCUT2D eigenvalue weighted by molar-refractivity contribution is 5.85. The Hall–Kier alpha value is -17.0. The molecule has 0 radical (unpaired) electrons. The molecular formula is C120H111F4N17O6. The number of carbonyl (C=O) groups is 4. The van der Waals surface area contributed by atoms with Crippen molar-refractivity contribution in [2.24, 2.45) is 7.05 Å². The molecule has 27 heteroatoms. The summed E-state index contributed by atoms with van der Waals surface area (Å²) >= 11 is 0. The summed E-state index contributed by atoms with van der Waals surface area (Å²) in [5.41, 5.74) is 28.3. The van der Waals surface area contributed by atoms with Crippen LogP contribution in [-0.2, 0) is 104 Å². The molecule has 4 aliphatic rings. The van der Waals surface area contributed by atoms with Gasteiger partial charge in [0, 0.05) is 124 Å². The minimum absolute atomic E-state index is 0.00108. The summed E-state index contributed by atoms with van der Waals surface area (Å²) in [6.45, 7) is 14.4. The maximum absolute atomic E-state index is 13.9. The molecule has 740 valence electrons. The zero-order valence-corrected chi connectivity index (χ0v) is 83.1. The van der Waals surface area contributed by atoms with Crippen molar-refractivity contribution < 1.29 is 41.5 Å². The molecule has 0 unspecified atom stereocenters. The molecule has 4 amide bonds. The molecule has 0 bridgehead atoms. The van der Waals surface area contributed by atoms with Crippen molar-refractivity contribution in [3.8, 4) is 107 Å². The van der Waals surface area contributed by atoms with E-state index in [4.69, 9.17) is 30.1 Å². The zero-order chi connectivity index (χ0) is 102. The third-order valence-corrected chi connectivity index (χ3v) is 27.9. The maximum Gasteiger partial charge on any atom is 0.266 e. The number of para-hydroxylation sites is 1. The van der Waals surface area contributed by atoms with Crippen LogP contribution in [0, 0.1) is 57.9 Å². The lowest BCUT2D eigenvalue weighted by Crippen LogP contribution is -2.36. The molecule has 0 atom stereocenters. The highest BCUT2D eigenvalue weighted by atomic mass is 19.1. The summed E-state index contributed by atoms with van der Waals surface area (Å²) in [5, 5.41) is 33.6. The normalized spacial score (nSPS) is 13.3. The Morgan fingerprint density at radius 3 is 1.02 bits per heavy atom. The number of rotatable bonds is 18. The fourth-order valence-corrected chi connectivity index (χ4v) is 19.5. The fraction of sp³-hybridized carbons (Fsp3) is 0.225. The summed E-state index contributed by atoms with van der Waals surface area (Å²) in [4.78, 5) is 78.4. The number of pyridine rings is 1. The molecule has 0 spiro atoms. The molecule has 0 saturated carbocycles. The first-order valence-electron chi connectivity index (χ1n) is 49.6. The molecule has 0 N–H and O–H groups in total. The summed E-state index contributed by atoms with van der Waals surface area (Å²) in [6, 6.07) is 95.4. The van der Waals surface area contributed by atoms with E-state index < -0.39 is 0 Å². The van der Waals surface area contributed by atoms with Crippen molar-refractivity contribution in [2.75, 3.05) is 59.5 Å². The minimum Gasteiger partial charge on any atom is -0.497 e. The fourth-order valence-electron chi connectivity index (χ4n) is 19.5. The van der Waals surface area contributed by atoms with Crippen LogP contribution in [0.5, 0.6) is 5.75 Å². The number of benzene rings is 11. The molecule has 11 heterocycles. The largest absolute Gasteiger partial charge is 0.497 e. The maximum atomic E-state index is 13.9. The monoisotopic (exact) mass is 1960 g/mol. The molecule has 18 aromatic rings. The van der Waals surface area contributed by atoms with Gasteiger partial charge in [0.2, 0.25) is 23.6 Å². The van der Waals surface area contributed by atoms with Gasteiger partial charge in [0.15, 0.2) is 0 Å². The van der Waals surface area contributed by atoms with E-state index in [1.54, 1.807) is 115 Å². The first-order chi connectivity index (χ1) is 71.4. The van der Waals surface area contributed by atoms with Crippen molar-refractivity contribution in [2.45, 2.75) is 112 Å². The molecule has 0 fully saturated rings. The summed E-state index contributed by atoms with van der Waals surface area (Å²) in [6.07, 6.45) is 5.70. The first-order valence-corrected chi connectivity index (χ1v) is 49.6. The van der Waals surface area contributed by atoms with Gasteiger partial charge in [-0.15, -0.1) is 0 Å². The number of aryl methyl sites for hydroxylation is 6. The van der Waals surface area contributed by atoms with E-state index in [2.05, 4.69) is 52.6 Å². The number of ether oxygens (including phenoxy) is 1. The third-order valence-electron chi connectivity index (χ3n) is 27.9. The van der Waals surface area contributed by atoms with Gasteiger partial charge in [-0.1, -0.05) is 176 Å². The Morgan fingerprint density at radius 1 is 0.299 bits per heavy atom. The van der Waals surface area contributed by atoms with Crippen LogP contribution in [0.4, 0.5) is 17.6 Å². The van der Waals surface area contributed by atoms with Gasteiger partial charge in [0.1, 0.15) is 55.2 Å². The predicted molar refractivity (Wildman–Crippen MR) is 564 cm³/mol. The van der Waals surface area contributed by atoms with Crippen molar-refractivity contribution in [3.63, 3.8) is 0 Å². The minimum atomic E-state index is -0.263. The van der Waals surface area contributed by atoms with E-state index in [-0.39, 0.29) is 78.6 Å². The third kappa shape index (κ3) is 22.8. The Labute approximate surface area is 850 Å². The number of halogens is 4. The number of hydrogen-bond donors (Lipinski definition) is 0. The van der Waals surface area contributed by atoms with Crippen molar-refractivity contribution in [1.82, 2.24) is 83.7 Å². The van der Waals surface area contributed by atoms with Crippen molar-refractivity contribution in [1.29, 1.82) is 0 Å². The summed E-state index contributed by atoms with van der Waals surface area (Å²) in [5.74, 6) is -0.142. The molecule has 23 nitrogen and oxygen atoms in total. The van der Waals surface area contributed by atoms with E-state index in [1.807, 2.05) is 214 Å². The van der Waals surface area contributed by atoms with Crippen LogP contribution in [0.1, 0.15) is 72.7 Å². The van der Waals surface area contributed by atoms with Gasteiger partial charge >= 0.3 is 0 Å². The Morgan fingerprint density at radius 2 is 0.633 bits per heavy atom. The smallest absolute Gasteiger partial charge is 0.266 e. The van der Waals surface area contributed by atoms with Crippen LogP contribution in [-0.4, -0.2) is 167 Å². The molecule has 0 aliphatic carbocycles. The number of nitrogens with zero attached hydrogens (tertiary/aromatic N) is 17. The Balaban J connectivity index is 0.000000124. The molecular weight excluding hydrogens is 1850 g/mol. The lowest BCUT2D eigenvalue weighted by molar-refractivity contribution is -0.132. The highest BCUT2D eigenvalue weighted by Crippen LogP contribution is 2.36. The SMILES string of the molecule is COc1ccc2c(c1)CCN(C(=O)Cn1nc(-c3ccc(F)c(C)c3)cc1-c1ccccc1)CC2.Cc1cc(-c2cc(-c3ccccc3)n(CC(=O)N3CCc4cc(-c5ccccc5)nnc4CC3)n2)ccc1F.Cc1cc(-c2cc(-c3ccccc3)n(CC(=O)N3CCc4cc(=O)n(C)nc4CC3)n2)ccc1F.Cc1cc(-c2cc(-c3ccccc3)n(CC(=O)N3CCc4nc5ccccc5c(C)c4CC3)n2)ccc1F. The van der Waals surface area contributed by atoms with Gasteiger partial charge in [0.05, 0.1) is 75.3 Å². The quantitative estimate of drug-likeness (QED) is 0.0727. The van der Waals surface area contributed by atoms with Crippen LogP contribution >= 0.6 is 0 Å². The van der Waals surface area contributed by atoms with Gasteiger partial charge in [0.25, 0.3) is 5.56 Å². The van der Waals surface area contributed by atoms with Gasteiger partial charge in [-0.2, -0.15) is 35.7 Å². The second kappa shape index (κ2) is 44.5. The Bertz CT molecular complexity index is 7970. The number of amides is 4. The summed E-state index contributed by atoms with van der Waals surface area (Å²) in [7, 11) is 3.31. The topological polar surface area (TPSA) is 235 Å². The van der Waals surface area contributed by atoms with E-state index >= 15 is 0 Å². The number of hydrogen-bond acceptors (Lipinski definition) is 14. The molecule has 22 rings (SSSR count). The van der Waals surface area contributed by atoms with Gasteiger partial charge < -0.3 is 24.3 Å². The zero-order valence-electron chi connectivity index (χ0n) is 83.1. The lowest BCUT2D eigenvalue weighted by Gasteiger charge is -2.21. The number of fused-ring (bicyclic) bond motifs is 5. The van der Waals surface area contributed by atoms with Gasteiger partial charge in [-0.3, -0.25) is 47.7 Å². The summed E-state index contributed by atoms with van der Waals surface area (Å²) < 4.78 is 69.2. The average molecular weight is 1960 g/mol. The number of methoxy groups -OCH3 is 1. The lowest BCUT2D eigenvalue weighted by atomic mass is 9.99. The van der Waals surface area contributed by atoms with E-state index in [1.165, 1.54) is 56.6 Å². The average Bonchev–Trinajstić information content (AvgIpc) is 1.71. The molecule has 11 aromatic carbocycles. The van der Waals surface area contributed by atoms with Crippen molar-refractivity contribution >= 4 is 34.5 Å². The van der Waals surface area contributed by atoms with Crippen LogP contribution in [0.15, 0.2) is 308 Å². The second-order valence-electron chi connectivity index (χ2n) is 37.6. The number of carbonyl (C=O) groups excluding carboxylic acids is 4. The van der Waals surface area contributed by atoms with Gasteiger partial charge in [-0.25, -0.2) is 22.2 Å². The highest BCUT2D eigenvalue weighted by Gasteiger charge is 2.30. The first kappa shape index (κ1) is 98.8. The van der Waals surface area contributed by atoms with Crippen LogP contribution in [0.3, 0.4) is 0 Å². The molecule has 0 saturated heterocycles. The standard InChI is InChI=1S/C32H28FN5O.C32H29FN4O.C29H28FN3O2.C27H26FN5O2/c1-22-18-25(12-13-27(22)33)30-20-31(24-10-6-3-7-11-24)38(36-30)21-32(39)37-16-14-26-19-29(23-8-4-2-5-9-23)35-34-28(26)15-17-37;1-21-18-24(12-13-27(21)33)30-19-31(23-8-4-3-5-9-23)37(35-30)20-32(38)36-16-14-26-22(2)25-10-6-7-11-28(25)34-29(26)15-17-36;1-20-16-24(9-11-26(20)30)27-18-28(22-6-4-3-5-7-22)33(31-27)19-29(34)32-14-12-21-8-10-25(35-2)17-23(21)13-15-32;1-18-14-20(8-9-22(18)28)24-16-25(19-6-4-3-5-7-19)33(30-24)17-27(35)32-12-10-21-15-26(34)31(2)29-23(21)11-13-32/h2-13,18-20H,14-17,21H2,1H3;3-13,18-19H,14-17,20H2,1-2H3;3-11,16-18H,12-15,19H2,1-2H3;3-9,14-16H,10-13,17H2,1-2H3. The molecule has 147 heavy (non-hydrogen) atoms. The van der Waals surface area contributed by atoms with Crippen LogP contribution in [0.2, 0.25) is 0 Å². The predicted octanol–water partition coefficient (Wildman–Crippen LogP) is 20.6. The number of aromatic nitrogens is 13. The van der Waals surface area contributed by atoms with E-state index in [0.29, 0.717) is 105 Å². The van der Waals surface area contributed by atoms with Gasteiger partial charge in [-0.05, 0) is 266 Å².